The van der Waals surface area contributed by atoms with E-state index in [1.807, 2.05) is 6.20 Å². The minimum absolute atomic E-state index is 0.502. The third-order valence-corrected chi connectivity index (χ3v) is 3.25. The summed E-state index contributed by atoms with van der Waals surface area (Å²) in [5.41, 5.74) is 1.30. The molecule has 1 heterocycles. The molecule has 1 rings (SSSR count). The molecule has 1 aromatic heterocycles. The van der Waals surface area contributed by atoms with Crippen molar-refractivity contribution in [3.63, 3.8) is 0 Å². The molecule has 0 saturated heterocycles. The second kappa shape index (κ2) is 9.00. The van der Waals surface area contributed by atoms with Gasteiger partial charge in [-0.1, -0.05) is 27.7 Å². The Hall–Kier alpha value is -1.13. The first kappa shape index (κ1) is 17.9. The Kier molecular flexibility index (Phi) is 7.68. The topological polar surface area (TPSA) is 31.4 Å². The van der Waals surface area contributed by atoms with Crippen LogP contribution in [0.2, 0.25) is 0 Å². The van der Waals surface area contributed by atoms with E-state index in [0.717, 1.165) is 32.0 Å². The van der Waals surface area contributed by atoms with E-state index in [-0.39, 0.29) is 0 Å². The maximum atomic E-state index is 4.58. The van der Waals surface area contributed by atoms with E-state index in [0.29, 0.717) is 12.0 Å². The maximum absolute atomic E-state index is 4.58. The molecular formula is C17H32N4. The summed E-state index contributed by atoms with van der Waals surface area (Å²) in [6, 6.07) is 4.81. The largest absolute Gasteiger partial charge is 0.355 e. The molecule has 0 radical (unpaired) electrons. The summed E-state index contributed by atoms with van der Waals surface area (Å²) in [4.78, 5) is 9.19. The molecule has 1 N–H and O–H groups in total. The first-order valence-corrected chi connectivity index (χ1v) is 7.96. The van der Waals surface area contributed by atoms with Gasteiger partial charge in [-0.25, -0.2) is 4.98 Å². The van der Waals surface area contributed by atoms with Crippen LogP contribution in [0.1, 0.15) is 33.3 Å². The summed E-state index contributed by atoms with van der Waals surface area (Å²) in [6.45, 7) is 12.9. The molecule has 4 nitrogen and oxygen atoms in total. The van der Waals surface area contributed by atoms with Gasteiger partial charge in [-0.3, -0.25) is 0 Å². The van der Waals surface area contributed by atoms with Crippen molar-refractivity contribution in [2.45, 2.75) is 40.3 Å². The molecule has 0 atom stereocenters. The highest BCUT2D eigenvalue weighted by atomic mass is 15.2. The quantitative estimate of drug-likeness (QED) is 0.758. The molecule has 21 heavy (non-hydrogen) atoms. The summed E-state index contributed by atoms with van der Waals surface area (Å²) in [5.74, 6) is 1.72. The van der Waals surface area contributed by atoms with Gasteiger partial charge in [0, 0.05) is 38.4 Å². The van der Waals surface area contributed by atoms with Crippen molar-refractivity contribution in [1.29, 1.82) is 0 Å². The number of nitrogens with one attached hydrogen (secondary N) is 1. The lowest BCUT2D eigenvalue weighted by Gasteiger charge is -2.27. The Bertz CT molecular complexity index is 402. The molecule has 0 amide bonds. The third-order valence-electron chi connectivity index (χ3n) is 3.25. The van der Waals surface area contributed by atoms with Gasteiger partial charge in [0.2, 0.25) is 0 Å². The molecule has 0 saturated carbocycles. The van der Waals surface area contributed by atoms with Crippen molar-refractivity contribution in [1.82, 2.24) is 15.2 Å². The zero-order valence-electron chi connectivity index (χ0n) is 14.6. The van der Waals surface area contributed by atoms with Gasteiger partial charge in [-0.2, -0.15) is 0 Å². The van der Waals surface area contributed by atoms with Crippen LogP contribution in [0.15, 0.2) is 18.3 Å². The Labute approximate surface area is 130 Å². The molecule has 1 aromatic rings. The van der Waals surface area contributed by atoms with Crippen molar-refractivity contribution < 1.29 is 0 Å². The smallest absolute Gasteiger partial charge is 0.128 e. The third kappa shape index (κ3) is 7.44. The van der Waals surface area contributed by atoms with Gasteiger partial charge in [0.15, 0.2) is 0 Å². The predicted octanol–water partition coefficient (Wildman–Crippen LogP) is 2.60. The lowest BCUT2D eigenvalue weighted by Crippen LogP contribution is -2.35. The van der Waals surface area contributed by atoms with Gasteiger partial charge < -0.3 is 15.1 Å². The minimum Gasteiger partial charge on any atom is -0.355 e. The zero-order chi connectivity index (χ0) is 15.8. The van der Waals surface area contributed by atoms with Crippen LogP contribution in [-0.2, 0) is 6.54 Å². The SMILES string of the molecule is CC(C)CN(CCN(C)C)c1cc(CNC(C)C)ccn1. The highest BCUT2D eigenvalue weighted by molar-refractivity contribution is 5.41. The molecular weight excluding hydrogens is 260 g/mol. The van der Waals surface area contributed by atoms with Crippen LogP contribution in [0.3, 0.4) is 0 Å². The van der Waals surface area contributed by atoms with Gasteiger partial charge in [-0.15, -0.1) is 0 Å². The normalized spacial score (nSPS) is 11.7. The van der Waals surface area contributed by atoms with Crippen LogP contribution in [0.4, 0.5) is 5.82 Å². The molecule has 0 bridgehead atoms. The van der Waals surface area contributed by atoms with Crippen LogP contribution < -0.4 is 10.2 Å². The van der Waals surface area contributed by atoms with Crippen LogP contribution >= 0.6 is 0 Å². The fourth-order valence-corrected chi connectivity index (χ4v) is 2.13. The van der Waals surface area contributed by atoms with Crippen LogP contribution in [0.5, 0.6) is 0 Å². The highest BCUT2D eigenvalue weighted by Crippen LogP contribution is 2.14. The molecule has 0 aliphatic heterocycles. The number of anilines is 1. The fraction of sp³-hybridized carbons (Fsp3) is 0.706. The monoisotopic (exact) mass is 292 g/mol. The van der Waals surface area contributed by atoms with E-state index >= 15 is 0 Å². The molecule has 0 spiro atoms. The summed E-state index contributed by atoms with van der Waals surface area (Å²) < 4.78 is 0. The number of pyridine rings is 1. The van der Waals surface area contributed by atoms with Gasteiger partial charge in [0.05, 0.1) is 0 Å². The van der Waals surface area contributed by atoms with Crippen LogP contribution in [0, 0.1) is 5.92 Å². The maximum Gasteiger partial charge on any atom is 0.128 e. The van der Waals surface area contributed by atoms with Gasteiger partial charge in [-0.05, 0) is 37.7 Å². The summed E-state index contributed by atoms with van der Waals surface area (Å²) in [6.07, 6.45) is 1.93. The second-order valence-electron chi connectivity index (χ2n) is 6.70. The molecule has 0 unspecified atom stereocenters. The summed E-state index contributed by atoms with van der Waals surface area (Å²) in [5, 5.41) is 3.46. The fourth-order valence-electron chi connectivity index (χ4n) is 2.13. The number of rotatable bonds is 9. The Morgan fingerprint density at radius 1 is 1.14 bits per heavy atom. The van der Waals surface area contributed by atoms with Gasteiger partial charge >= 0.3 is 0 Å². The molecule has 120 valence electrons. The minimum atomic E-state index is 0.502. The van der Waals surface area contributed by atoms with E-state index in [2.05, 4.69) is 74.0 Å². The average Bonchev–Trinajstić information content (AvgIpc) is 2.41. The van der Waals surface area contributed by atoms with Crippen molar-refractivity contribution in [2.75, 3.05) is 38.6 Å². The number of aromatic nitrogens is 1. The molecule has 0 aromatic carbocycles. The van der Waals surface area contributed by atoms with Gasteiger partial charge in [0.1, 0.15) is 5.82 Å². The predicted molar refractivity (Wildman–Crippen MR) is 91.8 cm³/mol. The lowest BCUT2D eigenvalue weighted by atomic mass is 10.2. The molecule has 0 fully saturated rings. The molecule has 0 aliphatic rings. The van der Waals surface area contributed by atoms with Crippen molar-refractivity contribution in [2.24, 2.45) is 5.92 Å². The first-order valence-electron chi connectivity index (χ1n) is 7.96. The number of nitrogens with zero attached hydrogens (tertiary/aromatic N) is 3. The Morgan fingerprint density at radius 3 is 2.43 bits per heavy atom. The second-order valence-corrected chi connectivity index (χ2v) is 6.70. The van der Waals surface area contributed by atoms with Crippen molar-refractivity contribution in [3.8, 4) is 0 Å². The van der Waals surface area contributed by atoms with Crippen LogP contribution in [-0.4, -0.2) is 49.7 Å². The standard InChI is InChI=1S/C17H32N4/c1-14(2)13-21(10-9-20(5)6)17-11-16(7-8-18-17)12-19-15(3)4/h7-8,11,14-15,19H,9-10,12-13H2,1-6H3. The number of hydrogen-bond acceptors (Lipinski definition) is 4. The van der Waals surface area contributed by atoms with E-state index in [4.69, 9.17) is 0 Å². The lowest BCUT2D eigenvalue weighted by molar-refractivity contribution is 0.408. The summed E-state index contributed by atoms with van der Waals surface area (Å²) in [7, 11) is 4.23. The Balaban J connectivity index is 2.77. The first-order chi connectivity index (χ1) is 9.88. The van der Waals surface area contributed by atoms with Gasteiger partial charge in [0.25, 0.3) is 0 Å². The zero-order valence-corrected chi connectivity index (χ0v) is 14.6. The van der Waals surface area contributed by atoms with Crippen LogP contribution in [0.25, 0.3) is 0 Å². The van der Waals surface area contributed by atoms with E-state index in [1.165, 1.54) is 5.56 Å². The highest BCUT2D eigenvalue weighted by Gasteiger charge is 2.11. The molecule has 4 heteroatoms. The van der Waals surface area contributed by atoms with E-state index in [9.17, 15) is 0 Å². The molecule has 0 aliphatic carbocycles. The average molecular weight is 292 g/mol. The Morgan fingerprint density at radius 2 is 1.86 bits per heavy atom. The number of hydrogen-bond donors (Lipinski definition) is 1. The van der Waals surface area contributed by atoms with E-state index < -0.39 is 0 Å². The van der Waals surface area contributed by atoms with E-state index in [1.54, 1.807) is 0 Å². The van der Waals surface area contributed by atoms with Crippen molar-refractivity contribution >= 4 is 5.82 Å². The van der Waals surface area contributed by atoms with Crippen molar-refractivity contribution in [3.05, 3.63) is 23.9 Å². The summed E-state index contributed by atoms with van der Waals surface area (Å²) >= 11 is 0. The number of likely N-dealkylation sites (N-methyl/N-ethyl adjacent to an activating group) is 1.